The average molecular weight is 252 g/mol. The summed E-state index contributed by atoms with van der Waals surface area (Å²) in [5.74, 6) is -0.973. The first-order chi connectivity index (χ1) is 8.61. The van der Waals surface area contributed by atoms with Gasteiger partial charge in [-0.15, -0.1) is 0 Å². The number of carbonyl (C=O) groups excluding carboxylic acids is 1. The molecule has 0 spiro atoms. The molecule has 0 atom stereocenters. The third-order valence-electron chi connectivity index (χ3n) is 2.23. The molecule has 0 aliphatic carbocycles. The Morgan fingerprint density at radius 2 is 1.78 bits per heavy atom. The number of carbonyl (C=O) groups is 2. The minimum atomic E-state index is -0.879. The molecule has 0 radical (unpaired) electrons. The summed E-state index contributed by atoms with van der Waals surface area (Å²) in [5.41, 5.74) is 0.331. The molecule has 4 heteroatoms. The lowest BCUT2D eigenvalue weighted by molar-refractivity contribution is -0.140. The van der Waals surface area contributed by atoms with Gasteiger partial charge < -0.3 is 9.84 Å². The van der Waals surface area contributed by atoms with Gasteiger partial charge in [-0.25, -0.2) is 4.79 Å². The molecule has 0 fully saturated rings. The molecule has 18 heavy (non-hydrogen) atoms. The number of ether oxygens (including phenoxy) is 1. The quantitative estimate of drug-likeness (QED) is 0.646. The van der Waals surface area contributed by atoms with Crippen LogP contribution in [0.1, 0.15) is 43.0 Å². The van der Waals surface area contributed by atoms with Crippen molar-refractivity contribution in [3.05, 3.63) is 35.9 Å². The first-order valence-corrected chi connectivity index (χ1v) is 5.97. The first kappa shape index (κ1) is 16.2. The highest BCUT2D eigenvalue weighted by atomic mass is 16.5. The van der Waals surface area contributed by atoms with Gasteiger partial charge in [0.25, 0.3) is 0 Å². The van der Waals surface area contributed by atoms with Gasteiger partial charge in [-0.3, -0.25) is 4.79 Å². The monoisotopic (exact) mass is 252 g/mol. The Labute approximate surface area is 108 Å². The maximum Gasteiger partial charge on any atom is 0.335 e. The zero-order valence-electron chi connectivity index (χ0n) is 10.9. The number of benzene rings is 1. The van der Waals surface area contributed by atoms with E-state index in [-0.39, 0.29) is 5.97 Å². The Morgan fingerprint density at radius 3 is 2.17 bits per heavy atom. The van der Waals surface area contributed by atoms with Crippen LogP contribution < -0.4 is 0 Å². The lowest BCUT2D eigenvalue weighted by atomic mass is 10.2. The molecule has 1 N–H and O–H groups in total. The first-order valence-electron chi connectivity index (χ1n) is 5.97. The van der Waals surface area contributed by atoms with Crippen LogP contribution in [0.25, 0.3) is 0 Å². The van der Waals surface area contributed by atoms with E-state index in [9.17, 15) is 9.59 Å². The van der Waals surface area contributed by atoms with Crippen LogP contribution >= 0.6 is 0 Å². The molecule has 0 bridgehead atoms. The van der Waals surface area contributed by atoms with Crippen LogP contribution in [0.3, 0.4) is 0 Å². The molecule has 0 aromatic heterocycles. The summed E-state index contributed by atoms with van der Waals surface area (Å²) in [5, 5.41) is 8.38. The van der Waals surface area contributed by atoms with E-state index in [2.05, 4.69) is 11.7 Å². The Morgan fingerprint density at radius 1 is 1.17 bits per heavy atom. The maximum atomic E-state index is 10.5. The third-order valence-corrected chi connectivity index (χ3v) is 2.23. The molecule has 0 amide bonds. The molecule has 0 saturated carbocycles. The van der Waals surface area contributed by atoms with Gasteiger partial charge in [0.2, 0.25) is 0 Å². The van der Waals surface area contributed by atoms with Crippen LogP contribution in [0.5, 0.6) is 0 Å². The SMILES string of the molecule is CCCCCC(=O)OC.O=C(O)c1ccccc1. The molecular formula is C14H20O4. The molecule has 0 heterocycles. The van der Waals surface area contributed by atoms with Crippen molar-refractivity contribution in [1.29, 1.82) is 0 Å². The standard InChI is InChI=1S/C7H6O2.C7H14O2/c8-7(9)6-4-2-1-3-5-6;1-3-4-5-6-7(8)9-2/h1-5H,(H,8,9);3-6H2,1-2H3. The Balaban J connectivity index is 0.000000321. The number of hydrogen-bond acceptors (Lipinski definition) is 3. The number of methoxy groups -OCH3 is 1. The predicted molar refractivity (Wildman–Crippen MR) is 69.6 cm³/mol. The van der Waals surface area contributed by atoms with Gasteiger partial charge in [0.05, 0.1) is 12.7 Å². The number of carboxylic acid groups (broad SMARTS) is 1. The number of aromatic carboxylic acids is 1. The molecule has 100 valence electrons. The van der Waals surface area contributed by atoms with Crippen LogP contribution in [-0.4, -0.2) is 24.2 Å². The van der Waals surface area contributed by atoms with Crippen LogP contribution in [0.4, 0.5) is 0 Å². The lowest BCUT2D eigenvalue weighted by Crippen LogP contribution is -1.98. The van der Waals surface area contributed by atoms with Gasteiger partial charge >= 0.3 is 11.9 Å². The van der Waals surface area contributed by atoms with E-state index in [4.69, 9.17) is 5.11 Å². The van der Waals surface area contributed by atoms with Crippen molar-refractivity contribution < 1.29 is 19.4 Å². The minimum Gasteiger partial charge on any atom is -0.478 e. The number of rotatable bonds is 5. The molecule has 1 aromatic carbocycles. The number of carboxylic acids is 1. The average Bonchev–Trinajstić information content (AvgIpc) is 2.40. The van der Waals surface area contributed by atoms with Gasteiger partial charge in [0.1, 0.15) is 0 Å². The molecular weight excluding hydrogens is 232 g/mol. The molecule has 4 nitrogen and oxygen atoms in total. The second-order valence-electron chi connectivity index (χ2n) is 3.70. The van der Waals surface area contributed by atoms with E-state index >= 15 is 0 Å². The van der Waals surface area contributed by atoms with Crippen LogP contribution in [0.15, 0.2) is 30.3 Å². The molecule has 1 aromatic rings. The highest BCUT2D eigenvalue weighted by molar-refractivity contribution is 5.87. The summed E-state index contributed by atoms with van der Waals surface area (Å²) in [7, 11) is 1.42. The molecule has 0 unspecified atom stereocenters. The topological polar surface area (TPSA) is 63.6 Å². The number of hydrogen-bond donors (Lipinski definition) is 1. The van der Waals surface area contributed by atoms with E-state index in [1.165, 1.54) is 7.11 Å². The van der Waals surface area contributed by atoms with Crippen molar-refractivity contribution in [2.24, 2.45) is 0 Å². The lowest BCUT2D eigenvalue weighted by Gasteiger charge is -1.95. The summed E-state index contributed by atoms with van der Waals surface area (Å²) in [6.45, 7) is 2.11. The summed E-state index contributed by atoms with van der Waals surface area (Å²) in [4.78, 5) is 20.7. The normalized spacial score (nSPS) is 9.00. The van der Waals surface area contributed by atoms with Gasteiger partial charge in [-0.2, -0.15) is 0 Å². The van der Waals surface area contributed by atoms with Crippen molar-refractivity contribution in [2.75, 3.05) is 7.11 Å². The summed E-state index contributed by atoms with van der Waals surface area (Å²) < 4.78 is 4.46. The van der Waals surface area contributed by atoms with Gasteiger partial charge in [-0.1, -0.05) is 38.0 Å². The van der Waals surface area contributed by atoms with Gasteiger partial charge in [0, 0.05) is 6.42 Å². The van der Waals surface area contributed by atoms with Crippen LogP contribution in [0.2, 0.25) is 0 Å². The number of unbranched alkanes of at least 4 members (excludes halogenated alkanes) is 2. The van der Waals surface area contributed by atoms with Crippen molar-refractivity contribution in [2.45, 2.75) is 32.6 Å². The Hall–Kier alpha value is -1.84. The summed E-state index contributed by atoms with van der Waals surface area (Å²) in [6, 6.07) is 8.30. The van der Waals surface area contributed by atoms with Crippen LogP contribution in [0, 0.1) is 0 Å². The fourth-order valence-corrected chi connectivity index (χ4v) is 1.20. The highest BCUT2D eigenvalue weighted by Crippen LogP contribution is 1.99. The zero-order chi connectivity index (χ0) is 13.8. The molecule has 1 rings (SSSR count). The Bertz CT molecular complexity index is 346. The highest BCUT2D eigenvalue weighted by Gasteiger charge is 1.97. The molecule has 0 saturated heterocycles. The molecule has 0 aliphatic rings. The van der Waals surface area contributed by atoms with Gasteiger partial charge in [0.15, 0.2) is 0 Å². The molecule has 0 aliphatic heterocycles. The van der Waals surface area contributed by atoms with Crippen molar-refractivity contribution in [1.82, 2.24) is 0 Å². The zero-order valence-corrected chi connectivity index (χ0v) is 10.9. The van der Waals surface area contributed by atoms with Crippen LogP contribution in [-0.2, 0) is 9.53 Å². The van der Waals surface area contributed by atoms with Crippen molar-refractivity contribution >= 4 is 11.9 Å². The van der Waals surface area contributed by atoms with E-state index < -0.39 is 5.97 Å². The third kappa shape index (κ3) is 8.33. The minimum absolute atomic E-state index is 0.0940. The smallest absolute Gasteiger partial charge is 0.335 e. The largest absolute Gasteiger partial charge is 0.478 e. The van der Waals surface area contributed by atoms with Crippen molar-refractivity contribution in [3.8, 4) is 0 Å². The van der Waals surface area contributed by atoms with Crippen molar-refractivity contribution in [3.63, 3.8) is 0 Å². The van der Waals surface area contributed by atoms with E-state index in [0.29, 0.717) is 12.0 Å². The van der Waals surface area contributed by atoms with E-state index in [1.54, 1.807) is 30.3 Å². The van der Waals surface area contributed by atoms with E-state index in [1.807, 2.05) is 0 Å². The maximum absolute atomic E-state index is 10.5. The van der Waals surface area contributed by atoms with Gasteiger partial charge in [-0.05, 0) is 18.6 Å². The second kappa shape index (κ2) is 10.3. The summed E-state index contributed by atoms with van der Waals surface area (Å²) in [6.07, 6.45) is 3.81. The second-order valence-corrected chi connectivity index (χ2v) is 3.70. The summed E-state index contributed by atoms with van der Waals surface area (Å²) >= 11 is 0. The fraction of sp³-hybridized carbons (Fsp3) is 0.429. The Kier molecular flexibility index (Phi) is 9.27. The number of esters is 1. The fourth-order valence-electron chi connectivity index (χ4n) is 1.20. The van der Waals surface area contributed by atoms with E-state index in [0.717, 1.165) is 19.3 Å². The predicted octanol–water partition coefficient (Wildman–Crippen LogP) is 3.12.